The minimum Gasteiger partial charge on any atom is -0.387 e. The molecule has 2 N–H and O–H groups in total. The van der Waals surface area contributed by atoms with Gasteiger partial charge in [0.25, 0.3) is 11.5 Å². The van der Waals surface area contributed by atoms with Gasteiger partial charge in [0.15, 0.2) is 0 Å². The number of benzene rings is 2. The van der Waals surface area contributed by atoms with E-state index in [1.807, 2.05) is 0 Å². The first-order valence-corrected chi connectivity index (χ1v) is 9.09. The average Bonchev–Trinajstić information content (AvgIpc) is 2.71. The topological polar surface area (TPSA) is 73.4 Å². The monoisotopic (exact) mass is 416 g/mol. The highest BCUT2D eigenvalue weighted by Crippen LogP contribution is 2.32. The number of aliphatic hydroxyl groups excluding tert-OH is 1. The molecule has 0 aliphatic rings. The van der Waals surface area contributed by atoms with E-state index >= 15 is 0 Å². The third-order valence-electron chi connectivity index (χ3n) is 4.56. The van der Waals surface area contributed by atoms with E-state index in [9.17, 15) is 27.9 Å². The average molecular weight is 416 g/mol. The van der Waals surface area contributed by atoms with E-state index in [2.05, 4.69) is 4.98 Å². The molecule has 0 saturated carbocycles. The highest BCUT2D eigenvalue weighted by Gasteiger charge is 2.32. The van der Waals surface area contributed by atoms with Crippen molar-refractivity contribution in [2.45, 2.75) is 19.2 Å². The number of anilines is 1. The fourth-order valence-electron chi connectivity index (χ4n) is 3.00. The number of aromatic nitrogens is 1. The van der Waals surface area contributed by atoms with Crippen molar-refractivity contribution in [1.82, 2.24) is 4.98 Å². The molecule has 5 nitrogen and oxygen atoms in total. The normalized spacial score (nSPS) is 12.4. The van der Waals surface area contributed by atoms with Crippen LogP contribution in [0.3, 0.4) is 0 Å². The van der Waals surface area contributed by atoms with Crippen LogP contribution < -0.4 is 10.5 Å². The molecule has 156 valence electrons. The predicted molar refractivity (Wildman–Crippen MR) is 106 cm³/mol. The van der Waals surface area contributed by atoms with Crippen LogP contribution in [0.15, 0.2) is 71.5 Å². The maximum atomic E-state index is 13.2. The largest absolute Gasteiger partial charge is 0.416 e. The Kier molecular flexibility index (Phi) is 6.07. The summed E-state index contributed by atoms with van der Waals surface area (Å²) >= 11 is 0. The number of aliphatic hydroxyl groups is 1. The van der Waals surface area contributed by atoms with Gasteiger partial charge in [-0.05, 0) is 42.8 Å². The number of hydrogen-bond acceptors (Lipinski definition) is 3. The number of aryl methyl sites for hydroxylation is 1. The van der Waals surface area contributed by atoms with Gasteiger partial charge in [-0.2, -0.15) is 13.2 Å². The highest BCUT2D eigenvalue weighted by atomic mass is 19.4. The third kappa shape index (κ3) is 4.77. The second-order valence-corrected chi connectivity index (χ2v) is 6.77. The standard InChI is InChI=1S/C22H19F3N2O3/c1-14-10-11-18(20(29)26-14)21(30)27(13-19(28)15-6-3-2-4-7-15)17-9-5-8-16(12-17)22(23,24)25/h2-12,19,28H,13H2,1H3,(H,26,29). The zero-order valence-electron chi connectivity index (χ0n) is 16.0. The number of carbonyl (C=O) groups excluding carboxylic acids is 1. The Morgan fingerprint density at radius 3 is 2.40 bits per heavy atom. The predicted octanol–water partition coefficient (Wildman–Crippen LogP) is 4.08. The summed E-state index contributed by atoms with van der Waals surface area (Å²) in [5.41, 5.74) is -0.898. The molecule has 1 heterocycles. The number of aromatic amines is 1. The van der Waals surface area contributed by atoms with E-state index in [1.165, 1.54) is 24.3 Å². The molecule has 0 fully saturated rings. The summed E-state index contributed by atoms with van der Waals surface area (Å²) in [6.45, 7) is 1.30. The molecule has 3 aromatic rings. The van der Waals surface area contributed by atoms with E-state index < -0.39 is 29.3 Å². The van der Waals surface area contributed by atoms with E-state index in [0.717, 1.165) is 17.0 Å². The Balaban J connectivity index is 2.04. The lowest BCUT2D eigenvalue weighted by atomic mass is 10.1. The summed E-state index contributed by atoms with van der Waals surface area (Å²) in [6, 6.07) is 15.4. The number of hydrogen-bond donors (Lipinski definition) is 2. The van der Waals surface area contributed by atoms with E-state index in [1.54, 1.807) is 37.3 Å². The van der Waals surface area contributed by atoms with Crippen LogP contribution in [0, 0.1) is 6.92 Å². The Labute approximate surface area is 170 Å². The van der Waals surface area contributed by atoms with Gasteiger partial charge in [-0.1, -0.05) is 36.4 Å². The van der Waals surface area contributed by atoms with Gasteiger partial charge in [0.05, 0.1) is 18.2 Å². The fraction of sp³-hybridized carbons (Fsp3) is 0.182. The molecule has 8 heteroatoms. The maximum Gasteiger partial charge on any atom is 0.416 e. The van der Waals surface area contributed by atoms with Crippen molar-refractivity contribution in [3.63, 3.8) is 0 Å². The first-order valence-electron chi connectivity index (χ1n) is 9.09. The second-order valence-electron chi connectivity index (χ2n) is 6.77. The third-order valence-corrected chi connectivity index (χ3v) is 4.56. The van der Waals surface area contributed by atoms with Crippen molar-refractivity contribution in [1.29, 1.82) is 0 Å². The van der Waals surface area contributed by atoms with Gasteiger partial charge < -0.3 is 15.0 Å². The van der Waals surface area contributed by atoms with Crippen LogP contribution in [0.1, 0.15) is 33.3 Å². The SMILES string of the molecule is Cc1ccc(C(=O)N(CC(O)c2ccccc2)c2cccc(C(F)(F)F)c2)c(=O)[nH]1. The first kappa shape index (κ1) is 21.3. The van der Waals surface area contributed by atoms with Crippen LogP contribution in [0.25, 0.3) is 0 Å². The summed E-state index contributed by atoms with van der Waals surface area (Å²) in [6.07, 6.45) is -5.78. The number of nitrogens with zero attached hydrogens (tertiary/aromatic N) is 1. The lowest BCUT2D eigenvalue weighted by molar-refractivity contribution is -0.137. The molecular weight excluding hydrogens is 397 g/mol. The molecule has 3 rings (SSSR count). The highest BCUT2D eigenvalue weighted by molar-refractivity contribution is 6.06. The summed E-state index contributed by atoms with van der Waals surface area (Å²) in [5, 5.41) is 10.6. The molecule has 0 radical (unpaired) electrons. The summed E-state index contributed by atoms with van der Waals surface area (Å²) in [4.78, 5) is 28.9. The van der Waals surface area contributed by atoms with Crippen LogP contribution in [0.2, 0.25) is 0 Å². The first-order chi connectivity index (χ1) is 14.2. The molecule has 0 spiro atoms. The van der Waals surface area contributed by atoms with Crippen LogP contribution in [-0.4, -0.2) is 22.5 Å². The number of rotatable bonds is 5. The Hall–Kier alpha value is -3.39. The van der Waals surface area contributed by atoms with E-state index in [-0.39, 0.29) is 17.8 Å². The smallest absolute Gasteiger partial charge is 0.387 e. The number of amides is 1. The lowest BCUT2D eigenvalue weighted by Gasteiger charge is -2.26. The van der Waals surface area contributed by atoms with Crippen LogP contribution >= 0.6 is 0 Å². The minimum atomic E-state index is -4.61. The second kappa shape index (κ2) is 8.54. The minimum absolute atomic E-state index is 0.0789. The zero-order valence-corrected chi connectivity index (χ0v) is 16.0. The van der Waals surface area contributed by atoms with E-state index in [0.29, 0.717) is 11.3 Å². The van der Waals surface area contributed by atoms with Crippen LogP contribution in [0.4, 0.5) is 18.9 Å². The molecule has 1 unspecified atom stereocenters. The van der Waals surface area contributed by atoms with Gasteiger partial charge in [0.1, 0.15) is 5.56 Å². The number of nitrogens with one attached hydrogen (secondary N) is 1. The van der Waals surface area contributed by atoms with Gasteiger partial charge >= 0.3 is 6.18 Å². The fourth-order valence-corrected chi connectivity index (χ4v) is 3.00. The molecule has 2 aromatic carbocycles. The van der Waals surface area contributed by atoms with Gasteiger partial charge in [-0.3, -0.25) is 9.59 Å². The lowest BCUT2D eigenvalue weighted by Crippen LogP contribution is -2.38. The van der Waals surface area contributed by atoms with Gasteiger partial charge in [0, 0.05) is 11.4 Å². The van der Waals surface area contributed by atoms with Crippen LogP contribution in [-0.2, 0) is 6.18 Å². The number of halogens is 3. The Morgan fingerprint density at radius 2 is 1.77 bits per heavy atom. The molecule has 30 heavy (non-hydrogen) atoms. The number of H-pyrrole nitrogens is 1. The molecule has 0 bridgehead atoms. The molecule has 1 aromatic heterocycles. The van der Waals surface area contributed by atoms with Crippen LogP contribution in [0.5, 0.6) is 0 Å². The maximum absolute atomic E-state index is 13.2. The molecule has 0 aliphatic carbocycles. The van der Waals surface area contributed by atoms with Crippen molar-refractivity contribution in [2.75, 3.05) is 11.4 Å². The van der Waals surface area contributed by atoms with Crippen molar-refractivity contribution >= 4 is 11.6 Å². The molecule has 1 amide bonds. The Morgan fingerprint density at radius 1 is 1.07 bits per heavy atom. The molecule has 0 saturated heterocycles. The summed E-state index contributed by atoms with van der Waals surface area (Å²) in [7, 11) is 0. The van der Waals surface area contributed by atoms with Gasteiger partial charge in [-0.15, -0.1) is 0 Å². The number of carbonyl (C=O) groups is 1. The number of pyridine rings is 1. The summed E-state index contributed by atoms with van der Waals surface area (Å²) in [5.74, 6) is -0.814. The molecular formula is C22H19F3N2O3. The van der Waals surface area contributed by atoms with Crippen molar-refractivity contribution < 1.29 is 23.1 Å². The quantitative estimate of drug-likeness (QED) is 0.658. The Bertz CT molecular complexity index is 1090. The van der Waals surface area contributed by atoms with Gasteiger partial charge in [-0.25, -0.2) is 0 Å². The van der Waals surface area contributed by atoms with E-state index in [4.69, 9.17) is 0 Å². The van der Waals surface area contributed by atoms with Crippen molar-refractivity contribution in [2.24, 2.45) is 0 Å². The number of alkyl halides is 3. The zero-order chi connectivity index (χ0) is 21.9. The van der Waals surface area contributed by atoms with Crippen molar-refractivity contribution in [3.05, 3.63) is 99.5 Å². The summed E-state index contributed by atoms with van der Waals surface area (Å²) < 4.78 is 39.6. The van der Waals surface area contributed by atoms with Crippen molar-refractivity contribution in [3.8, 4) is 0 Å². The molecule has 0 aliphatic heterocycles. The van der Waals surface area contributed by atoms with Gasteiger partial charge in [0.2, 0.25) is 0 Å². The molecule has 1 atom stereocenters.